The van der Waals surface area contributed by atoms with Crippen molar-refractivity contribution in [1.29, 1.82) is 0 Å². The molecule has 0 saturated heterocycles. The van der Waals surface area contributed by atoms with E-state index in [-0.39, 0.29) is 12.5 Å². The summed E-state index contributed by atoms with van der Waals surface area (Å²) in [5, 5.41) is 13.8. The highest BCUT2D eigenvalue weighted by molar-refractivity contribution is 5.92. The molecule has 3 aromatic rings. The fourth-order valence-electron chi connectivity index (χ4n) is 2.17. The van der Waals surface area contributed by atoms with Gasteiger partial charge in [-0.3, -0.25) is 4.79 Å². The van der Waals surface area contributed by atoms with Crippen molar-refractivity contribution in [3.05, 3.63) is 54.9 Å². The number of aromatic nitrogens is 4. The molecule has 0 radical (unpaired) electrons. The van der Waals surface area contributed by atoms with Crippen LogP contribution in [0.15, 0.2) is 54.9 Å². The molecule has 2 aromatic carbocycles. The van der Waals surface area contributed by atoms with Gasteiger partial charge in [-0.05, 0) is 41.6 Å². The number of hydrogen-bond donors (Lipinski definition) is 1. The zero-order valence-electron chi connectivity index (χ0n) is 13.6. The number of carbonyl (C=O) groups is 1. The van der Waals surface area contributed by atoms with E-state index in [1.165, 1.54) is 11.0 Å². The van der Waals surface area contributed by atoms with E-state index in [0.29, 0.717) is 23.8 Å². The van der Waals surface area contributed by atoms with Gasteiger partial charge < -0.3 is 14.8 Å². The van der Waals surface area contributed by atoms with E-state index in [1.54, 1.807) is 30.3 Å². The molecule has 0 bridgehead atoms. The van der Waals surface area contributed by atoms with Crippen molar-refractivity contribution in [2.45, 2.75) is 6.92 Å². The zero-order valence-corrected chi connectivity index (χ0v) is 13.6. The first-order valence-electron chi connectivity index (χ1n) is 7.73. The Kier molecular flexibility index (Phi) is 5.20. The fraction of sp³-hybridized carbons (Fsp3) is 0.176. The van der Waals surface area contributed by atoms with Crippen LogP contribution in [0.3, 0.4) is 0 Å². The Bertz CT molecular complexity index is 836. The van der Waals surface area contributed by atoms with Gasteiger partial charge in [-0.1, -0.05) is 12.1 Å². The maximum atomic E-state index is 12.1. The molecule has 0 spiro atoms. The molecule has 0 unspecified atom stereocenters. The highest BCUT2D eigenvalue weighted by Crippen LogP contribution is 2.18. The molecule has 25 heavy (non-hydrogen) atoms. The van der Waals surface area contributed by atoms with Gasteiger partial charge in [0.25, 0.3) is 5.91 Å². The lowest BCUT2D eigenvalue weighted by atomic mass is 10.3. The molecule has 8 nitrogen and oxygen atoms in total. The summed E-state index contributed by atoms with van der Waals surface area (Å²) in [6.45, 7) is 2.36. The number of anilines is 1. The molecule has 3 rings (SSSR count). The lowest BCUT2D eigenvalue weighted by Gasteiger charge is -2.10. The Morgan fingerprint density at radius 2 is 1.92 bits per heavy atom. The number of hydrogen-bond acceptors (Lipinski definition) is 6. The quantitative estimate of drug-likeness (QED) is 0.709. The topological polar surface area (TPSA) is 91.2 Å². The van der Waals surface area contributed by atoms with Crippen LogP contribution < -0.4 is 14.8 Å². The second kappa shape index (κ2) is 7.91. The summed E-state index contributed by atoms with van der Waals surface area (Å²) < 4.78 is 12.4. The van der Waals surface area contributed by atoms with Crippen LogP contribution in [-0.2, 0) is 4.79 Å². The Morgan fingerprint density at radius 3 is 2.68 bits per heavy atom. The minimum Gasteiger partial charge on any atom is -0.494 e. The molecule has 1 heterocycles. The first-order valence-corrected chi connectivity index (χ1v) is 7.73. The van der Waals surface area contributed by atoms with Crippen LogP contribution >= 0.6 is 0 Å². The second-order valence-electron chi connectivity index (χ2n) is 5.05. The smallest absolute Gasteiger partial charge is 0.262 e. The molecule has 0 saturated carbocycles. The van der Waals surface area contributed by atoms with E-state index in [4.69, 9.17) is 9.47 Å². The van der Waals surface area contributed by atoms with E-state index in [9.17, 15) is 4.79 Å². The van der Waals surface area contributed by atoms with Gasteiger partial charge in [0.2, 0.25) is 0 Å². The molecule has 1 N–H and O–H groups in total. The first kappa shape index (κ1) is 16.4. The van der Waals surface area contributed by atoms with Crippen molar-refractivity contribution < 1.29 is 14.3 Å². The van der Waals surface area contributed by atoms with E-state index < -0.39 is 0 Å². The zero-order chi connectivity index (χ0) is 17.5. The normalized spacial score (nSPS) is 10.3. The standard InChI is InChI=1S/C17H17N5O3/c1-2-24-15-7-3-5-13(9-15)19-17(23)11-25-16-8-4-6-14(10-16)22-12-18-20-21-22/h3-10,12H,2,11H2,1H3,(H,19,23). The summed E-state index contributed by atoms with van der Waals surface area (Å²) in [5.74, 6) is 0.989. The summed E-state index contributed by atoms with van der Waals surface area (Å²) in [7, 11) is 0. The summed E-state index contributed by atoms with van der Waals surface area (Å²) in [6.07, 6.45) is 1.48. The summed E-state index contributed by atoms with van der Waals surface area (Å²) in [6, 6.07) is 14.4. The van der Waals surface area contributed by atoms with Gasteiger partial charge in [-0.15, -0.1) is 5.10 Å². The number of rotatable bonds is 7. The molecule has 0 aliphatic carbocycles. The second-order valence-corrected chi connectivity index (χ2v) is 5.05. The molecule has 1 amide bonds. The highest BCUT2D eigenvalue weighted by atomic mass is 16.5. The minimum atomic E-state index is -0.263. The van der Waals surface area contributed by atoms with Crippen molar-refractivity contribution in [3.63, 3.8) is 0 Å². The predicted molar refractivity (Wildman–Crippen MR) is 90.9 cm³/mol. The third-order valence-corrected chi connectivity index (χ3v) is 3.23. The van der Waals surface area contributed by atoms with Crippen LogP contribution in [0, 0.1) is 0 Å². The van der Waals surface area contributed by atoms with Crippen LogP contribution in [0.1, 0.15) is 6.92 Å². The first-order chi connectivity index (χ1) is 12.2. The number of benzene rings is 2. The molecule has 0 aliphatic heterocycles. The number of nitrogens with one attached hydrogen (secondary N) is 1. The van der Waals surface area contributed by atoms with Gasteiger partial charge in [-0.25, -0.2) is 4.68 Å². The van der Waals surface area contributed by atoms with Crippen LogP contribution in [0.4, 0.5) is 5.69 Å². The fourth-order valence-corrected chi connectivity index (χ4v) is 2.17. The molecule has 8 heteroatoms. The SMILES string of the molecule is CCOc1cccc(NC(=O)COc2cccc(-n3cnnn3)c2)c1. The number of tetrazole rings is 1. The van der Waals surface area contributed by atoms with Gasteiger partial charge in [0.15, 0.2) is 6.61 Å². The summed E-state index contributed by atoms with van der Waals surface area (Å²) in [4.78, 5) is 12.1. The predicted octanol–water partition coefficient (Wildman–Crippen LogP) is 2.08. The van der Waals surface area contributed by atoms with Gasteiger partial charge in [0, 0.05) is 17.8 Å². The van der Waals surface area contributed by atoms with Crippen molar-refractivity contribution in [3.8, 4) is 17.2 Å². The van der Waals surface area contributed by atoms with Crippen LogP contribution in [0.5, 0.6) is 11.5 Å². The molecule has 128 valence electrons. The van der Waals surface area contributed by atoms with Crippen LogP contribution in [-0.4, -0.2) is 39.3 Å². The number of carbonyl (C=O) groups excluding carboxylic acids is 1. The lowest BCUT2D eigenvalue weighted by Crippen LogP contribution is -2.20. The molecule has 1 aromatic heterocycles. The third kappa shape index (κ3) is 4.54. The third-order valence-electron chi connectivity index (χ3n) is 3.23. The molecule has 0 atom stereocenters. The largest absolute Gasteiger partial charge is 0.494 e. The highest BCUT2D eigenvalue weighted by Gasteiger charge is 2.06. The molecule has 0 fully saturated rings. The number of amides is 1. The van der Waals surface area contributed by atoms with E-state index >= 15 is 0 Å². The van der Waals surface area contributed by atoms with E-state index in [0.717, 1.165) is 5.69 Å². The average molecular weight is 339 g/mol. The minimum absolute atomic E-state index is 0.113. The van der Waals surface area contributed by atoms with Crippen molar-refractivity contribution in [2.75, 3.05) is 18.5 Å². The lowest BCUT2D eigenvalue weighted by molar-refractivity contribution is -0.118. The summed E-state index contributed by atoms with van der Waals surface area (Å²) >= 11 is 0. The van der Waals surface area contributed by atoms with Crippen LogP contribution in [0.2, 0.25) is 0 Å². The van der Waals surface area contributed by atoms with Gasteiger partial charge in [0.1, 0.15) is 17.8 Å². The summed E-state index contributed by atoms with van der Waals surface area (Å²) in [5.41, 5.74) is 1.40. The van der Waals surface area contributed by atoms with Crippen molar-refractivity contribution >= 4 is 11.6 Å². The van der Waals surface area contributed by atoms with Gasteiger partial charge in [0.05, 0.1) is 12.3 Å². The Morgan fingerprint density at radius 1 is 1.12 bits per heavy atom. The van der Waals surface area contributed by atoms with Gasteiger partial charge >= 0.3 is 0 Å². The van der Waals surface area contributed by atoms with Crippen molar-refractivity contribution in [1.82, 2.24) is 20.2 Å². The van der Waals surface area contributed by atoms with Crippen molar-refractivity contribution in [2.24, 2.45) is 0 Å². The average Bonchev–Trinajstić information content (AvgIpc) is 3.16. The maximum Gasteiger partial charge on any atom is 0.262 e. The molecule has 0 aliphatic rings. The monoisotopic (exact) mass is 339 g/mol. The Balaban J connectivity index is 1.57. The number of ether oxygens (including phenoxy) is 2. The van der Waals surface area contributed by atoms with Gasteiger partial charge in [-0.2, -0.15) is 0 Å². The van der Waals surface area contributed by atoms with E-state index in [2.05, 4.69) is 20.8 Å². The number of nitrogens with zero attached hydrogens (tertiary/aromatic N) is 4. The Labute approximate surface area is 144 Å². The van der Waals surface area contributed by atoms with E-state index in [1.807, 2.05) is 25.1 Å². The Hall–Kier alpha value is -3.42. The molecular formula is C17H17N5O3. The maximum absolute atomic E-state index is 12.1. The van der Waals surface area contributed by atoms with Crippen LogP contribution in [0.25, 0.3) is 5.69 Å². The molecular weight excluding hydrogens is 322 g/mol.